The second-order valence-electron chi connectivity index (χ2n) is 3.28. The number of hydrogen-bond acceptors (Lipinski definition) is 3. The first-order valence-electron chi connectivity index (χ1n) is 5.77. The van der Waals surface area contributed by atoms with E-state index in [1.54, 1.807) is 6.20 Å². The highest BCUT2D eigenvalue weighted by molar-refractivity contribution is 5.07. The van der Waals surface area contributed by atoms with Crippen LogP contribution in [0.25, 0.3) is 0 Å². The zero-order valence-corrected chi connectivity index (χ0v) is 10.5. The summed E-state index contributed by atoms with van der Waals surface area (Å²) in [4.78, 5) is 6.32. The lowest BCUT2D eigenvalue weighted by Gasteiger charge is -2.13. The molecule has 3 nitrogen and oxygen atoms in total. The molecule has 1 rings (SSSR count). The monoisotopic (exact) mass is 219 g/mol. The Morgan fingerprint density at radius 2 is 1.81 bits per heavy atom. The molecule has 0 aromatic carbocycles. The lowest BCUT2D eigenvalue weighted by atomic mass is 10.3. The highest BCUT2D eigenvalue weighted by Gasteiger charge is 1.89. The summed E-state index contributed by atoms with van der Waals surface area (Å²) in [5.41, 5.74) is 0.833. The molecule has 0 saturated heterocycles. The molecule has 0 saturated carbocycles. The molecule has 0 bridgehead atoms. The van der Waals surface area contributed by atoms with E-state index in [4.69, 9.17) is 5.26 Å². The summed E-state index contributed by atoms with van der Waals surface area (Å²) in [5.74, 6) is 0. The van der Waals surface area contributed by atoms with Gasteiger partial charge in [0, 0.05) is 6.20 Å². The summed E-state index contributed by atoms with van der Waals surface area (Å²) < 4.78 is 0. The fourth-order valence-corrected chi connectivity index (χ4v) is 1.25. The van der Waals surface area contributed by atoms with Crippen molar-refractivity contribution in [1.29, 1.82) is 5.26 Å². The average Bonchev–Trinajstić information content (AvgIpc) is 2.34. The van der Waals surface area contributed by atoms with Crippen LogP contribution in [0.2, 0.25) is 0 Å². The molecule has 1 heterocycles. The van der Waals surface area contributed by atoms with Crippen LogP contribution in [0.15, 0.2) is 24.4 Å². The first-order chi connectivity index (χ1) is 7.78. The van der Waals surface area contributed by atoms with E-state index in [0.717, 1.165) is 5.69 Å². The molecule has 0 atom stereocenters. The van der Waals surface area contributed by atoms with Gasteiger partial charge in [-0.3, -0.25) is 4.98 Å². The van der Waals surface area contributed by atoms with Gasteiger partial charge in [0.05, 0.1) is 18.2 Å². The first kappa shape index (κ1) is 14.6. The van der Waals surface area contributed by atoms with Gasteiger partial charge in [-0.15, -0.1) is 0 Å². The van der Waals surface area contributed by atoms with Gasteiger partial charge in [-0.2, -0.15) is 5.26 Å². The molecule has 3 heteroatoms. The fraction of sp³-hybridized carbons (Fsp3) is 0.538. The Balaban J connectivity index is 0.000000293. The minimum atomic E-state index is 0.404. The van der Waals surface area contributed by atoms with Gasteiger partial charge in [0.15, 0.2) is 0 Å². The second kappa shape index (κ2) is 10.1. The van der Waals surface area contributed by atoms with Crippen molar-refractivity contribution in [3.63, 3.8) is 0 Å². The molecule has 0 aliphatic rings. The molecule has 16 heavy (non-hydrogen) atoms. The quantitative estimate of drug-likeness (QED) is 0.781. The summed E-state index contributed by atoms with van der Waals surface area (Å²) in [6.07, 6.45) is 2.09. The van der Waals surface area contributed by atoms with Crippen LogP contribution >= 0.6 is 0 Å². The molecule has 88 valence electrons. The summed E-state index contributed by atoms with van der Waals surface area (Å²) >= 11 is 0. The van der Waals surface area contributed by atoms with Crippen molar-refractivity contribution >= 4 is 0 Å². The van der Waals surface area contributed by atoms with Gasteiger partial charge in [-0.05, 0) is 31.8 Å². The highest BCUT2D eigenvalue weighted by atomic mass is 15.1. The summed E-state index contributed by atoms with van der Waals surface area (Å²) in [6, 6.07) is 7.57. The van der Waals surface area contributed by atoms with Crippen molar-refractivity contribution < 1.29 is 0 Å². The molecule has 0 aliphatic heterocycles. The minimum Gasteiger partial charge on any atom is -0.304 e. The van der Waals surface area contributed by atoms with Crippen LogP contribution in [0.3, 0.4) is 0 Å². The molecule has 0 N–H and O–H groups in total. The van der Waals surface area contributed by atoms with E-state index in [-0.39, 0.29) is 0 Å². The van der Waals surface area contributed by atoms with Crippen LogP contribution in [0.4, 0.5) is 0 Å². The van der Waals surface area contributed by atoms with Crippen LogP contribution in [0, 0.1) is 11.3 Å². The van der Waals surface area contributed by atoms with E-state index in [2.05, 4.69) is 30.7 Å². The number of aromatic nitrogens is 1. The van der Waals surface area contributed by atoms with Gasteiger partial charge < -0.3 is 4.90 Å². The molecule has 1 aromatic heterocycles. The second-order valence-corrected chi connectivity index (χ2v) is 3.28. The molecule has 0 amide bonds. The highest BCUT2D eigenvalue weighted by Crippen LogP contribution is 1.91. The van der Waals surface area contributed by atoms with Crippen LogP contribution in [-0.4, -0.2) is 29.5 Å². The lowest BCUT2D eigenvalue weighted by molar-refractivity contribution is 0.321. The van der Waals surface area contributed by atoms with Gasteiger partial charge in [-0.25, -0.2) is 0 Å². The summed E-state index contributed by atoms with van der Waals surface area (Å²) in [6.45, 7) is 10.1. The Kier molecular flexibility index (Phi) is 9.24. The van der Waals surface area contributed by atoms with Crippen molar-refractivity contribution in [2.75, 3.05) is 19.6 Å². The Bertz CT molecular complexity index is 280. The maximum absolute atomic E-state index is 8.23. The van der Waals surface area contributed by atoms with Crippen LogP contribution < -0.4 is 0 Å². The van der Waals surface area contributed by atoms with Gasteiger partial charge >= 0.3 is 0 Å². The Labute approximate surface area is 98.7 Å². The number of hydrogen-bond donors (Lipinski definition) is 0. The van der Waals surface area contributed by atoms with Crippen molar-refractivity contribution in [3.8, 4) is 6.07 Å². The van der Waals surface area contributed by atoms with E-state index in [9.17, 15) is 0 Å². The van der Waals surface area contributed by atoms with Crippen molar-refractivity contribution in [1.82, 2.24) is 9.88 Å². The lowest BCUT2D eigenvalue weighted by Crippen LogP contribution is -2.21. The minimum absolute atomic E-state index is 0.404. The fourth-order valence-electron chi connectivity index (χ4n) is 1.25. The Morgan fingerprint density at radius 1 is 1.19 bits per heavy atom. The normalized spacial score (nSPS) is 9.19. The smallest absolute Gasteiger partial charge is 0.0774 e. The van der Waals surface area contributed by atoms with E-state index >= 15 is 0 Å². The Morgan fingerprint density at radius 3 is 2.12 bits per heavy atom. The molecule has 0 spiro atoms. The predicted octanol–water partition coefficient (Wildman–Crippen LogP) is 2.50. The van der Waals surface area contributed by atoms with E-state index < -0.39 is 0 Å². The van der Waals surface area contributed by atoms with Gasteiger partial charge in [0.2, 0.25) is 0 Å². The molecule has 0 unspecified atom stereocenters. The molecular weight excluding hydrogens is 198 g/mol. The molecule has 0 radical (unpaired) electrons. The number of nitrogens with zero attached hydrogens (tertiary/aromatic N) is 3. The third kappa shape index (κ3) is 6.97. The topological polar surface area (TPSA) is 39.9 Å². The number of pyridine rings is 1. The maximum atomic E-state index is 8.23. The zero-order chi connectivity index (χ0) is 12.2. The summed E-state index contributed by atoms with van der Waals surface area (Å²) in [5, 5.41) is 8.23. The third-order valence-corrected chi connectivity index (χ3v) is 2.33. The van der Waals surface area contributed by atoms with Gasteiger partial charge in [-0.1, -0.05) is 26.8 Å². The number of nitriles is 1. The van der Waals surface area contributed by atoms with E-state index in [0.29, 0.717) is 6.42 Å². The number of rotatable bonds is 4. The average molecular weight is 219 g/mol. The molecule has 0 fully saturated rings. The first-order valence-corrected chi connectivity index (χ1v) is 5.77. The van der Waals surface area contributed by atoms with Gasteiger partial charge in [0.25, 0.3) is 0 Å². The largest absolute Gasteiger partial charge is 0.304 e. The Hall–Kier alpha value is -1.40. The maximum Gasteiger partial charge on any atom is 0.0774 e. The SMILES string of the molecule is CCN(CC)CC.N#CCc1ccccn1. The molecule has 0 aliphatic carbocycles. The van der Waals surface area contributed by atoms with Crippen LogP contribution in [-0.2, 0) is 6.42 Å². The van der Waals surface area contributed by atoms with Crippen LogP contribution in [0.5, 0.6) is 0 Å². The molecule has 1 aromatic rings. The molecular formula is C13H21N3. The standard InChI is InChI=1S/C7H6N2.C6H15N/c8-5-4-7-3-1-2-6-9-7;1-4-7(5-2)6-3/h1-3,6H,4H2;4-6H2,1-3H3. The van der Waals surface area contributed by atoms with Crippen LogP contribution in [0.1, 0.15) is 26.5 Å². The third-order valence-electron chi connectivity index (χ3n) is 2.33. The zero-order valence-electron chi connectivity index (χ0n) is 10.5. The summed E-state index contributed by atoms with van der Waals surface area (Å²) in [7, 11) is 0. The predicted molar refractivity (Wildman–Crippen MR) is 67.0 cm³/mol. The van der Waals surface area contributed by atoms with Gasteiger partial charge in [0.1, 0.15) is 0 Å². The van der Waals surface area contributed by atoms with Crippen molar-refractivity contribution in [2.24, 2.45) is 0 Å². The van der Waals surface area contributed by atoms with Crippen molar-refractivity contribution in [2.45, 2.75) is 27.2 Å². The van der Waals surface area contributed by atoms with Crippen molar-refractivity contribution in [3.05, 3.63) is 30.1 Å². The van der Waals surface area contributed by atoms with E-state index in [1.807, 2.05) is 24.3 Å². The van der Waals surface area contributed by atoms with E-state index in [1.165, 1.54) is 19.6 Å².